The van der Waals surface area contributed by atoms with Crippen LogP contribution in [0.4, 0.5) is 11.4 Å². The number of carbonyl (C=O) groups excluding carboxylic acids is 1. The second-order valence-electron chi connectivity index (χ2n) is 4.37. The van der Waals surface area contributed by atoms with E-state index >= 15 is 0 Å². The Morgan fingerprint density at radius 1 is 1.25 bits per heavy atom. The molecule has 0 spiro atoms. The van der Waals surface area contributed by atoms with Crippen LogP contribution in [-0.2, 0) is 4.79 Å². The van der Waals surface area contributed by atoms with Crippen LogP contribution in [0, 0.1) is 6.92 Å². The molecule has 3 N–H and O–H groups in total. The number of nitrogens with one attached hydrogen (secondary N) is 1. The molecule has 2 rings (SSSR count). The van der Waals surface area contributed by atoms with E-state index in [2.05, 4.69) is 21.2 Å². The second kappa shape index (κ2) is 6.43. The van der Waals surface area contributed by atoms with Crippen LogP contribution in [0.5, 0.6) is 5.75 Å². The molecule has 0 atom stereocenters. The zero-order valence-electron chi connectivity index (χ0n) is 11.0. The van der Waals surface area contributed by atoms with Gasteiger partial charge in [0.25, 0.3) is 5.91 Å². The summed E-state index contributed by atoms with van der Waals surface area (Å²) in [4.78, 5) is 11.8. The van der Waals surface area contributed by atoms with Crippen molar-refractivity contribution in [3.8, 4) is 5.75 Å². The van der Waals surface area contributed by atoms with Gasteiger partial charge >= 0.3 is 0 Å². The van der Waals surface area contributed by atoms with Crippen molar-refractivity contribution in [3.05, 3.63) is 52.5 Å². The molecule has 104 valence electrons. The van der Waals surface area contributed by atoms with E-state index in [0.29, 0.717) is 17.1 Å². The smallest absolute Gasteiger partial charge is 0.262 e. The quantitative estimate of drug-likeness (QED) is 0.842. The molecule has 5 heteroatoms. The van der Waals surface area contributed by atoms with Crippen LogP contribution in [0.3, 0.4) is 0 Å². The van der Waals surface area contributed by atoms with E-state index in [-0.39, 0.29) is 12.5 Å². The van der Waals surface area contributed by atoms with Gasteiger partial charge < -0.3 is 15.8 Å². The first kappa shape index (κ1) is 14.4. The van der Waals surface area contributed by atoms with Crippen LogP contribution in [-0.4, -0.2) is 12.5 Å². The molecule has 0 bridgehead atoms. The van der Waals surface area contributed by atoms with Crippen LogP contribution in [0.1, 0.15) is 5.56 Å². The van der Waals surface area contributed by atoms with Gasteiger partial charge in [0.1, 0.15) is 5.75 Å². The first-order valence-corrected chi connectivity index (χ1v) is 6.88. The Kier molecular flexibility index (Phi) is 4.63. The summed E-state index contributed by atoms with van der Waals surface area (Å²) in [5.41, 5.74) is 7.96. The number of nitrogen functional groups attached to an aromatic ring is 1. The maximum Gasteiger partial charge on any atom is 0.262 e. The Hall–Kier alpha value is -2.01. The van der Waals surface area contributed by atoms with Gasteiger partial charge in [0.2, 0.25) is 0 Å². The lowest BCUT2D eigenvalue weighted by Gasteiger charge is -2.10. The van der Waals surface area contributed by atoms with Gasteiger partial charge in [-0.05, 0) is 48.9 Å². The van der Waals surface area contributed by atoms with Gasteiger partial charge in [0.15, 0.2) is 6.61 Å². The summed E-state index contributed by atoms with van der Waals surface area (Å²) in [5.74, 6) is 0.425. The lowest BCUT2D eigenvalue weighted by Crippen LogP contribution is -2.20. The van der Waals surface area contributed by atoms with E-state index < -0.39 is 0 Å². The van der Waals surface area contributed by atoms with Gasteiger partial charge in [-0.3, -0.25) is 4.79 Å². The number of rotatable bonds is 4. The molecule has 0 unspecified atom stereocenters. The van der Waals surface area contributed by atoms with E-state index in [1.165, 1.54) is 0 Å². The topological polar surface area (TPSA) is 64.3 Å². The molecular formula is C15H15BrN2O2. The third kappa shape index (κ3) is 3.99. The van der Waals surface area contributed by atoms with Gasteiger partial charge in [-0.25, -0.2) is 0 Å². The fourth-order valence-electron chi connectivity index (χ4n) is 1.64. The summed E-state index contributed by atoms with van der Waals surface area (Å²) in [5, 5.41) is 2.78. The Morgan fingerprint density at radius 2 is 1.95 bits per heavy atom. The third-order valence-electron chi connectivity index (χ3n) is 2.72. The van der Waals surface area contributed by atoms with Crippen molar-refractivity contribution in [1.82, 2.24) is 0 Å². The maximum absolute atomic E-state index is 11.8. The number of hydrogen-bond acceptors (Lipinski definition) is 3. The molecule has 0 saturated heterocycles. The van der Waals surface area contributed by atoms with Crippen molar-refractivity contribution < 1.29 is 9.53 Å². The standard InChI is InChI=1S/C15H15BrN2O2/c1-10-2-5-12(17)8-14(10)18-15(19)9-20-13-6-3-11(16)4-7-13/h2-8H,9,17H2,1H3,(H,18,19). The molecule has 0 aromatic heterocycles. The maximum atomic E-state index is 11.8. The highest BCUT2D eigenvalue weighted by Crippen LogP contribution is 2.19. The van der Waals surface area contributed by atoms with Crippen LogP contribution in [0.2, 0.25) is 0 Å². The molecule has 4 nitrogen and oxygen atoms in total. The van der Waals surface area contributed by atoms with Crippen molar-refractivity contribution in [2.24, 2.45) is 0 Å². The van der Waals surface area contributed by atoms with Gasteiger partial charge in [0, 0.05) is 15.8 Å². The van der Waals surface area contributed by atoms with E-state index in [9.17, 15) is 4.79 Å². The highest BCUT2D eigenvalue weighted by molar-refractivity contribution is 9.10. The van der Waals surface area contributed by atoms with Crippen LogP contribution >= 0.6 is 15.9 Å². The average Bonchev–Trinajstić information content (AvgIpc) is 2.42. The monoisotopic (exact) mass is 334 g/mol. The molecule has 0 fully saturated rings. The number of amides is 1. The zero-order valence-corrected chi connectivity index (χ0v) is 12.6. The van der Waals surface area contributed by atoms with Crippen LogP contribution in [0.25, 0.3) is 0 Å². The Labute approximate surface area is 126 Å². The van der Waals surface area contributed by atoms with Crippen molar-refractivity contribution in [2.75, 3.05) is 17.7 Å². The third-order valence-corrected chi connectivity index (χ3v) is 3.25. The summed E-state index contributed by atoms with van der Waals surface area (Å²) in [6, 6.07) is 12.7. The Bertz CT molecular complexity index is 612. The lowest BCUT2D eigenvalue weighted by atomic mass is 10.2. The molecule has 0 saturated carbocycles. The molecule has 0 aliphatic heterocycles. The van der Waals surface area contributed by atoms with Gasteiger partial charge in [-0.1, -0.05) is 22.0 Å². The Morgan fingerprint density at radius 3 is 2.65 bits per heavy atom. The van der Waals surface area contributed by atoms with E-state index in [0.717, 1.165) is 10.0 Å². The molecule has 20 heavy (non-hydrogen) atoms. The predicted molar refractivity (Wildman–Crippen MR) is 83.9 cm³/mol. The normalized spacial score (nSPS) is 10.1. The summed E-state index contributed by atoms with van der Waals surface area (Å²) in [7, 11) is 0. The number of hydrogen-bond donors (Lipinski definition) is 2. The second-order valence-corrected chi connectivity index (χ2v) is 5.28. The summed E-state index contributed by atoms with van der Waals surface area (Å²) in [6.07, 6.45) is 0. The van der Waals surface area contributed by atoms with E-state index in [1.54, 1.807) is 24.3 Å². The van der Waals surface area contributed by atoms with Crippen LogP contribution in [0.15, 0.2) is 46.9 Å². The molecule has 2 aromatic carbocycles. The number of carbonyl (C=O) groups is 1. The highest BCUT2D eigenvalue weighted by Gasteiger charge is 2.06. The SMILES string of the molecule is Cc1ccc(N)cc1NC(=O)COc1ccc(Br)cc1. The molecule has 1 amide bonds. The fraction of sp³-hybridized carbons (Fsp3) is 0.133. The van der Waals surface area contributed by atoms with Crippen molar-refractivity contribution in [1.29, 1.82) is 0 Å². The largest absolute Gasteiger partial charge is 0.484 e. The zero-order chi connectivity index (χ0) is 14.5. The fourth-order valence-corrected chi connectivity index (χ4v) is 1.90. The van der Waals surface area contributed by atoms with E-state index in [1.807, 2.05) is 25.1 Å². The molecule has 2 aromatic rings. The lowest BCUT2D eigenvalue weighted by molar-refractivity contribution is -0.118. The molecule has 0 heterocycles. The van der Waals surface area contributed by atoms with Crippen LogP contribution < -0.4 is 15.8 Å². The number of ether oxygens (including phenoxy) is 1. The highest BCUT2D eigenvalue weighted by atomic mass is 79.9. The number of aryl methyl sites for hydroxylation is 1. The van der Waals surface area contributed by atoms with Gasteiger partial charge in [-0.15, -0.1) is 0 Å². The minimum atomic E-state index is -0.221. The summed E-state index contributed by atoms with van der Waals surface area (Å²) < 4.78 is 6.36. The minimum Gasteiger partial charge on any atom is -0.484 e. The van der Waals surface area contributed by atoms with Gasteiger partial charge in [-0.2, -0.15) is 0 Å². The van der Waals surface area contributed by atoms with E-state index in [4.69, 9.17) is 10.5 Å². The number of nitrogens with two attached hydrogens (primary N) is 1. The molecular weight excluding hydrogens is 320 g/mol. The number of halogens is 1. The molecule has 0 aliphatic rings. The van der Waals surface area contributed by atoms with Crippen molar-refractivity contribution in [2.45, 2.75) is 6.92 Å². The predicted octanol–water partition coefficient (Wildman–Crippen LogP) is 3.36. The molecule has 0 radical (unpaired) electrons. The van der Waals surface area contributed by atoms with Crippen molar-refractivity contribution >= 4 is 33.2 Å². The number of anilines is 2. The Balaban J connectivity index is 1.92. The minimum absolute atomic E-state index is 0.0458. The average molecular weight is 335 g/mol. The van der Waals surface area contributed by atoms with Gasteiger partial charge in [0.05, 0.1) is 0 Å². The summed E-state index contributed by atoms with van der Waals surface area (Å²) >= 11 is 3.34. The molecule has 0 aliphatic carbocycles. The number of benzene rings is 2. The summed E-state index contributed by atoms with van der Waals surface area (Å²) in [6.45, 7) is 1.86. The first-order chi connectivity index (χ1) is 9.54. The van der Waals surface area contributed by atoms with Crippen molar-refractivity contribution in [3.63, 3.8) is 0 Å². The first-order valence-electron chi connectivity index (χ1n) is 6.09.